The quantitative estimate of drug-likeness (QED) is 0.687. The first-order chi connectivity index (χ1) is 7.02. The first-order valence-electron chi connectivity index (χ1n) is 4.68. The zero-order valence-electron chi connectivity index (χ0n) is 8.86. The topological polar surface area (TPSA) is 93.4 Å². The normalized spacial score (nSPS) is 11.3. The van der Waals surface area contributed by atoms with Crippen LogP contribution in [0, 0.1) is 17.2 Å². The highest BCUT2D eigenvalue weighted by Gasteiger charge is 2.21. The second kappa shape index (κ2) is 6.65. The Bertz CT molecular complexity index is 272. The first kappa shape index (κ1) is 13.2. The van der Waals surface area contributed by atoms with Crippen LogP contribution in [0.1, 0.15) is 20.3 Å². The van der Waals surface area contributed by atoms with Crippen LogP contribution in [0.2, 0.25) is 0 Å². The van der Waals surface area contributed by atoms with Crippen molar-refractivity contribution in [2.24, 2.45) is 5.92 Å². The number of carbonyl (C=O) groups is 2. The summed E-state index contributed by atoms with van der Waals surface area (Å²) in [6, 6.07) is 0.962. The number of hydrogen-bond acceptors (Lipinski definition) is 3. The van der Waals surface area contributed by atoms with E-state index in [9.17, 15) is 9.59 Å². The Morgan fingerprint density at radius 3 is 2.60 bits per heavy atom. The molecule has 0 heterocycles. The van der Waals surface area contributed by atoms with Crippen molar-refractivity contribution in [2.45, 2.75) is 20.3 Å². The van der Waals surface area contributed by atoms with E-state index in [1.165, 1.54) is 0 Å². The molecule has 84 valence electrons. The monoisotopic (exact) mass is 213 g/mol. The lowest BCUT2D eigenvalue weighted by atomic mass is 10.1. The molecular weight excluding hydrogens is 198 g/mol. The summed E-state index contributed by atoms with van der Waals surface area (Å²) in [6.45, 7) is 3.72. The predicted octanol–water partition coefficient (Wildman–Crippen LogP) is 1.25. The van der Waals surface area contributed by atoms with Crippen LogP contribution < -0.4 is 5.32 Å². The average molecular weight is 213 g/mol. The molecule has 0 aromatic rings. The van der Waals surface area contributed by atoms with Crippen molar-refractivity contribution in [3.8, 4) is 6.07 Å². The predicted molar refractivity (Wildman–Crippen MR) is 53.2 cm³/mol. The number of imide groups is 1. The van der Waals surface area contributed by atoms with E-state index in [0.717, 1.165) is 6.42 Å². The van der Waals surface area contributed by atoms with Crippen LogP contribution >= 0.6 is 0 Å². The van der Waals surface area contributed by atoms with Gasteiger partial charge in [-0.25, -0.2) is 14.5 Å². The third-order valence-corrected chi connectivity index (χ3v) is 1.99. The van der Waals surface area contributed by atoms with Crippen LogP contribution in [-0.2, 0) is 0 Å². The van der Waals surface area contributed by atoms with Gasteiger partial charge >= 0.3 is 12.1 Å². The van der Waals surface area contributed by atoms with E-state index >= 15 is 0 Å². The molecule has 6 nitrogen and oxygen atoms in total. The van der Waals surface area contributed by atoms with Gasteiger partial charge in [-0.1, -0.05) is 20.3 Å². The Labute approximate surface area is 88.5 Å². The number of carboxylic acid groups (broad SMARTS) is 1. The van der Waals surface area contributed by atoms with Crippen LogP contribution in [0.15, 0.2) is 0 Å². The van der Waals surface area contributed by atoms with Gasteiger partial charge in [0.15, 0.2) is 0 Å². The molecule has 0 aliphatic carbocycles. The second-order valence-corrected chi connectivity index (χ2v) is 3.22. The number of rotatable bonds is 4. The number of hydrogen-bond donors (Lipinski definition) is 2. The maximum absolute atomic E-state index is 11.3. The minimum absolute atomic E-state index is 0.105. The Morgan fingerprint density at radius 2 is 2.20 bits per heavy atom. The molecule has 0 aliphatic rings. The standard InChI is InChI=1S/C9H15N3O3/c1-3-7(2)6-12(9(14)15)8(13)11-5-4-10/h7H,3,5-6H2,1-2H3,(H,11,13)(H,14,15). The largest absolute Gasteiger partial charge is 0.465 e. The molecule has 2 N–H and O–H groups in total. The van der Waals surface area contributed by atoms with Crippen molar-refractivity contribution in [3.05, 3.63) is 0 Å². The molecule has 0 rings (SSSR count). The first-order valence-corrected chi connectivity index (χ1v) is 4.68. The van der Waals surface area contributed by atoms with E-state index < -0.39 is 12.1 Å². The molecule has 15 heavy (non-hydrogen) atoms. The van der Waals surface area contributed by atoms with Crippen molar-refractivity contribution in [3.63, 3.8) is 0 Å². The van der Waals surface area contributed by atoms with Crippen LogP contribution in [0.25, 0.3) is 0 Å². The maximum atomic E-state index is 11.3. The molecule has 6 heteroatoms. The van der Waals surface area contributed by atoms with Gasteiger partial charge in [-0.05, 0) is 5.92 Å². The molecule has 0 fully saturated rings. The smallest absolute Gasteiger partial charge is 0.415 e. The second-order valence-electron chi connectivity index (χ2n) is 3.22. The highest BCUT2D eigenvalue weighted by molar-refractivity contribution is 5.90. The van der Waals surface area contributed by atoms with Crippen molar-refractivity contribution in [1.29, 1.82) is 5.26 Å². The highest BCUT2D eigenvalue weighted by atomic mass is 16.4. The molecule has 0 bridgehead atoms. The zero-order chi connectivity index (χ0) is 11.8. The van der Waals surface area contributed by atoms with E-state index in [-0.39, 0.29) is 19.0 Å². The summed E-state index contributed by atoms with van der Waals surface area (Å²) in [7, 11) is 0. The number of carbonyl (C=O) groups excluding carboxylic acids is 1. The lowest BCUT2D eigenvalue weighted by Crippen LogP contribution is -2.45. The van der Waals surface area contributed by atoms with Gasteiger partial charge in [0, 0.05) is 6.54 Å². The van der Waals surface area contributed by atoms with Gasteiger partial charge in [0.1, 0.15) is 6.54 Å². The van der Waals surface area contributed by atoms with Gasteiger partial charge in [0.25, 0.3) is 0 Å². The van der Waals surface area contributed by atoms with Gasteiger partial charge in [-0.15, -0.1) is 0 Å². The van der Waals surface area contributed by atoms with E-state index in [1.54, 1.807) is 6.07 Å². The number of urea groups is 1. The lowest BCUT2D eigenvalue weighted by molar-refractivity contribution is 0.142. The molecular formula is C9H15N3O3. The summed E-state index contributed by atoms with van der Waals surface area (Å²) >= 11 is 0. The Balaban J connectivity index is 4.33. The molecule has 0 aromatic carbocycles. The fourth-order valence-electron chi connectivity index (χ4n) is 0.899. The zero-order valence-corrected chi connectivity index (χ0v) is 8.86. The maximum Gasteiger partial charge on any atom is 0.415 e. The summed E-state index contributed by atoms with van der Waals surface area (Å²) in [5.41, 5.74) is 0. The number of amides is 3. The van der Waals surface area contributed by atoms with Gasteiger partial charge in [-0.3, -0.25) is 0 Å². The number of nitrogens with one attached hydrogen (secondary N) is 1. The fraction of sp³-hybridized carbons (Fsp3) is 0.667. The van der Waals surface area contributed by atoms with Crippen molar-refractivity contribution >= 4 is 12.1 Å². The molecule has 3 amide bonds. The SMILES string of the molecule is CCC(C)CN(C(=O)O)C(=O)NCC#N. The van der Waals surface area contributed by atoms with Crippen LogP contribution in [0.3, 0.4) is 0 Å². The van der Waals surface area contributed by atoms with Crippen LogP contribution in [-0.4, -0.2) is 35.2 Å². The number of nitriles is 1. The molecule has 1 unspecified atom stereocenters. The van der Waals surface area contributed by atoms with Crippen LogP contribution in [0.5, 0.6) is 0 Å². The van der Waals surface area contributed by atoms with E-state index in [4.69, 9.17) is 10.4 Å². The molecule has 1 atom stereocenters. The van der Waals surface area contributed by atoms with E-state index in [1.807, 2.05) is 13.8 Å². The minimum atomic E-state index is -1.30. The summed E-state index contributed by atoms with van der Waals surface area (Å²) in [6.07, 6.45) is -0.513. The number of nitrogens with zero attached hydrogens (tertiary/aromatic N) is 2. The molecule has 0 aliphatic heterocycles. The third kappa shape index (κ3) is 4.86. The third-order valence-electron chi connectivity index (χ3n) is 1.99. The Kier molecular flexibility index (Phi) is 5.86. The Morgan fingerprint density at radius 1 is 1.60 bits per heavy atom. The lowest BCUT2D eigenvalue weighted by Gasteiger charge is -2.20. The van der Waals surface area contributed by atoms with E-state index in [0.29, 0.717) is 4.90 Å². The average Bonchev–Trinajstić information content (AvgIpc) is 2.21. The summed E-state index contributed by atoms with van der Waals surface area (Å²) < 4.78 is 0. The molecule has 0 spiro atoms. The van der Waals surface area contributed by atoms with Gasteiger partial charge in [-0.2, -0.15) is 5.26 Å². The molecule has 0 saturated heterocycles. The molecule has 0 aromatic heterocycles. The minimum Gasteiger partial charge on any atom is -0.465 e. The molecule has 0 radical (unpaired) electrons. The highest BCUT2D eigenvalue weighted by Crippen LogP contribution is 2.04. The van der Waals surface area contributed by atoms with Gasteiger partial charge in [0.05, 0.1) is 6.07 Å². The van der Waals surface area contributed by atoms with Crippen molar-refractivity contribution < 1.29 is 14.7 Å². The summed E-state index contributed by atoms with van der Waals surface area (Å²) in [4.78, 5) is 22.7. The van der Waals surface area contributed by atoms with E-state index in [2.05, 4.69) is 5.32 Å². The van der Waals surface area contributed by atoms with Gasteiger partial charge in [0.2, 0.25) is 0 Å². The molecule has 0 saturated carbocycles. The summed E-state index contributed by atoms with van der Waals surface area (Å²) in [5, 5.41) is 19.2. The fourth-order valence-corrected chi connectivity index (χ4v) is 0.899. The van der Waals surface area contributed by atoms with Crippen molar-refractivity contribution in [2.75, 3.05) is 13.1 Å². The van der Waals surface area contributed by atoms with Crippen molar-refractivity contribution in [1.82, 2.24) is 10.2 Å². The Hall–Kier alpha value is -1.77. The summed E-state index contributed by atoms with van der Waals surface area (Å²) in [5.74, 6) is 0.105. The van der Waals surface area contributed by atoms with Gasteiger partial charge < -0.3 is 10.4 Å². The van der Waals surface area contributed by atoms with Crippen LogP contribution in [0.4, 0.5) is 9.59 Å².